The van der Waals surface area contributed by atoms with Crippen LogP contribution < -0.4 is 5.32 Å². The van der Waals surface area contributed by atoms with E-state index in [0.717, 1.165) is 6.54 Å². The van der Waals surface area contributed by atoms with E-state index in [1.807, 2.05) is 0 Å². The molecule has 1 atom stereocenters. The van der Waals surface area contributed by atoms with Gasteiger partial charge in [-0.25, -0.2) is 0 Å². The number of nitrogens with one attached hydrogen (secondary N) is 1. The summed E-state index contributed by atoms with van der Waals surface area (Å²) in [6.45, 7) is 7.46. The lowest BCUT2D eigenvalue weighted by atomic mass is 10.0. The molecule has 0 spiro atoms. The van der Waals surface area contributed by atoms with Gasteiger partial charge < -0.3 is 9.88 Å². The van der Waals surface area contributed by atoms with Gasteiger partial charge in [0, 0.05) is 32.0 Å². The molecule has 2 rings (SSSR count). The van der Waals surface area contributed by atoms with Gasteiger partial charge >= 0.3 is 0 Å². The Morgan fingerprint density at radius 2 is 2.00 bits per heavy atom. The van der Waals surface area contributed by atoms with Crippen molar-refractivity contribution in [3.05, 3.63) is 58.9 Å². The van der Waals surface area contributed by atoms with Crippen LogP contribution in [0.2, 0.25) is 0 Å². The van der Waals surface area contributed by atoms with Crippen LogP contribution in [-0.2, 0) is 13.6 Å². The number of aromatic nitrogens is 1. The molecule has 0 saturated carbocycles. The molecule has 1 heterocycles. The molecule has 0 amide bonds. The van der Waals surface area contributed by atoms with Crippen LogP contribution in [0.15, 0.2) is 36.7 Å². The summed E-state index contributed by atoms with van der Waals surface area (Å²) in [6.07, 6.45) is 4.24. The zero-order valence-electron chi connectivity index (χ0n) is 11.7. The van der Waals surface area contributed by atoms with Crippen molar-refractivity contribution in [2.75, 3.05) is 0 Å². The maximum Gasteiger partial charge on any atom is 0.0297 e. The van der Waals surface area contributed by atoms with Gasteiger partial charge in [-0.15, -0.1) is 0 Å². The largest absolute Gasteiger partial charge is 0.357 e. The highest BCUT2D eigenvalue weighted by Crippen LogP contribution is 2.19. The molecule has 1 aromatic carbocycles. The third-order valence-corrected chi connectivity index (χ3v) is 3.40. The Morgan fingerprint density at radius 1 is 1.22 bits per heavy atom. The highest BCUT2D eigenvalue weighted by Gasteiger charge is 2.08. The molecule has 0 saturated heterocycles. The molecule has 2 aromatic rings. The lowest BCUT2D eigenvalue weighted by Gasteiger charge is -2.16. The molecule has 2 heteroatoms. The number of aryl methyl sites for hydroxylation is 3. The number of hydrogen-bond donors (Lipinski definition) is 1. The molecule has 1 N–H and O–H groups in total. The van der Waals surface area contributed by atoms with E-state index in [1.165, 1.54) is 22.3 Å². The van der Waals surface area contributed by atoms with Crippen molar-refractivity contribution in [3.63, 3.8) is 0 Å². The number of hydrogen-bond acceptors (Lipinski definition) is 1. The summed E-state index contributed by atoms with van der Waals surface area (Å²) in [5.41, 5.74) is 5.40. The Labute approximate surface area is 110 Å². The zero-order chi connectivity index (χ0) is 13.1. The highest BCUT2D eigenvalue weighted by molar-refractivity contribution is 5.32. The van der Waals surface area contributed by atoms with E-state index in [2.05, 4.69) is 74.4 Å². The van der Waals surface area contributed by atoms with Gasteiger partial charge in [0.2, 0.25) is 0 Å². The van der Waals surface area contributed by atoms with E-state index in [1.54, 1.807) is 0 Å². The third-order valence-electron chi connectivity index (χ3n) is 3.40. The second-order valence-electron chi connectivity index (χ2n) is 5.15. The van der Waals surface area contributed by atoms with Crippen LogP contribution >= 0.6 is 0 Å². The van der Waals surface area contributed by atoms with E-state index in [4.69, 9.17) is 0 Å². The smallest absolute Gasteiger partial charge is 0.0297 e. The Morgan fingerprint density at radius 3 is 2.61 bits per heavy atom. The zero-order valence-corrected chi connectivity index (χ0v) is 11.7. The first kappa shape index (κ1) is 12.9. The van der Waals surface area contributed by atoms with Crippen molar-refractivity contribution in [2.24, 2.45) is 7.05 Å². The summed E-state index contributed by atoms with van der Waals surface area (Å²) in [7, 11) is 2.05. The molecule has 0 fully saturated rings. The van der Waals surface area contributed by atoms with Crippen molar-refractivity contribution in [3.8, 4) is 0 Å². The molecule has 0 bridgehead atoms. The van der Waals surface area contributed by atoms with Gasteiger partial charge in [-0.1, -0.05) is 23.8 Å². The van der Waals surface area contributed by atoms with Gasteiger partial charge in [0.25, 0.3) is 0 Å². The summed E-state index contributed by atoms with van der Waals surface area (Å²) < 4.78 is 2.08. The van der Waals surface area contributed by atoms with Crippen molar-refractivity contribution in [1.29, 1.82) is 0 Å². The van der Waals surface area contributed by atoms with E-state index in [9.17, 15) is 0 Å². The number of benzene rings is 1. The normalized spacial score (nSPS) is 12.7. The van der Waals surface area contributed by atoms with E-state index in [-0.39, 0.29) is 0 Å². The molecule has 0 radical (unpaired) electrons. The summed E-state index contributed by atoms with van der Waals surface area (Å²) in [5.74, 6) is 0. The SMILES string of the molecule is Cc1ccc(C(C)NCc2ccn(C)c2)c(C)c1. The standard InChI is InChI=1S/C16H22N2/c1-12-5-6-16(13(2)9-12)14(3)17-10-15-7-8-18(4)11-15/h5-9,11,14,17H,10H2,1-4H3. The molecule has 0 aliphatic carbocycles. The monoisotopic (exact) mass is 242 g/mol. The second kappa shape index (κ2) is 5.40. The molecule has 96 valence electrons. The minimum absolute atomic E-state index is 0.380. The van der Waals surface area contributed by atoms with Crippen molar-refractivity contribution in [2.45, 2.75) is 33.4 Å². The first-order valence-corrected chi connectivity index (χ1v) is 6.47. The maximum atomic E-state index is 3.58. The summed E-state index contributed by atoms with van der Waals surface area (Å²) in [5, 5.41) is 3.58. The summed E-state index contributed by atoms with van der Waals surface area (Å²) in [4.78, 5) is 0. The quantitative estimate of drug-likeness (QED) is 0.868. The fourth-order valence-corrected chi connectivity index (χ4v) is 2.36. The summed E-state index contributed by atoms with van der Waals surface area (Å²) in [6, 6.07) is 9.19. The van der Waals surface area contributed by atoms with Crippen LogP contribution in [0.4, 0.5) is 0 Å². The molecular formula is C16H22N2. The molecule has 1 aromatic heterocycles. The van der Waals surface area contributed by atoms with Crippen LogP contribution in [0.25, 0.3) is 0 Å². The van der Waals surface area contributed by atoms with Gasteiger partial charge in [-0.2, -0.15) is 0 Å². The van der Waals surface area contributed by atoms with E-state index in [0.29, 0.717) is 6.04 Å². The first-order valence-electron chi connectivity index (χ1n) is 6.47. The molecular weight excluding hydrogens is 220 g/mol. The van der Waals surface area contributed by atoms with Crippen LogP contribution in [-0.4, -0.2) is 4.57 Å². The highest BCUT2D eigenvalue weighted by atomic mass is 14.9. The fraction of sp³-hybridized carbons (Fsp3) is 0.375. The van der Waals surface area contributed by atoms with Gasteiger partial charge in [0.05, 0.1) is 0 Å². The van der Waals surface area contributed by atoms with Crippen LogP contribution in [0.3, 0.4) is 0 Å². The molecule has 1 unspecified atom stereocenters. The van der Waals surface area contributed by atoms with Gasteiger partial charge in [0.1, 0.15) is 0 Å². The average Bonchev–Trinajstić information content (AvgIpc) is 2.72. The Bertz CT molecular complexity index is 526. The average molecular weight is 242 g/mol. The van der Waals surface area contributed by atoms with Crippen LogP contribution in [0.5, 0.6) is 0 Å². The lowest BCUT2D eigenvalue weighted by molar-refractivity contribution is 0.572. The van der Waals surface area contributed by atoms with Gasteiger partial charge in [-0.05, 0) is 43.5 Å². The summed E-state index contributed by atoms with van der Waals surface area (Å²) >= 11 is 0. The third kappa shape index (κ3) is 3.02. The Balaban J connectivity index is 2.01. The Hall–Kier alpha value is -1.54. The van der Waals surface area contributed by atoms with Crippen molar-refractivity contribution in [1.82, 2.24) is 9.88 Å². The maximum absolute atomic E-state index is 3.58. The minimum Gasteiger partial charge on any atom is -0.357 e. The topological polar surface area (TPSA) is 17.0 Å². The second-order valence-corrected chi connectivity index (χ2v) is 5.15. The lowest BCUT2D eigenvalue weighted by Crippen LogP contribution is -2.18. The Kier molecular flexibility index (Phi) is 3.87. The minimum atomic E-state index is 0.380. The van der Waals surface area contributed by atoms with Crippen molar-refractivity contribution >= 4 is 0 Å². The predicted octanol–water partition coefficient (Wildman–Crippen LogP) is 3.49. The molecule has 2 nitrogen and oxygen atoms in total. The molecule has 0 aliphatic heterocycles. The fourth-order valence-electron chi connectivity index (χ4n) is 2.36. The van der Waals surface area contributed by atoms with Crippen LogP contribution in [0, 0.1) is 13.8 Å². The van der Waals surface area contributed by atoms with Gasteiger partial charge in [0.15, 0.2) is 0 Å². The predicted molar refractivity (Wildman–Crippen MR) is 76.6 cm³/mol. The number of rotatable bonds is 4. The molecule has 0 aliphatic rings. The van der Waals surface area contributed by atoms with Crippen molar-refractivity contribution < 1.29 is 0 Å². The number of nitrogens with zero attached hydrogens (tertiary/aromatic N) is 1. The molecule has 18 heavy (non-hydrogen) atoms. The first-order chi connectivity index (χ1) is 8.56. The van der Waals surface area contributed by atoms with E-state index >= 15 is 0 Å². The van der Waals surface area contributed by atoms with Gasteiger partial charge in [-0.3, -0.25) is 0 Å². The van der Waals surface area contributed by atoms with E-state index < -0.39 is 0 Å². The van der Waals surface area contributed by atoms with Crippen LogP contribution in [0.1, 0.15) is 35.2 Å².